The largest absolute Gasteiger partial charge is 0.338 e. The molecule has 2 aromatic heterocycles. The van der Waals surface area contributed by atoms with Gasteiger partial charge in [-0.2, -0.15) is 5.10 Å². The summed E-state index contributed by atoms with van der Waals surface area (Å²) in [6.45, 7) is 8.54. The molecule has 1 saturated heterocycles. The van der Waals surface area contributed by atoms with E-state index in [1.165, 1.54) is 16.3 Å². The van der Waals surface area contributed by atoms with E-state index >= 15 is 0 Å². The summed E-state index contributed by atoms with van der Waals surface area (Å²) in [7, 11) is 0. The minimum atomic E-state index is 0.137. The van der Waals surface area contributed by atoms with Crippen molar-refractivity contribution in [1.29, 1.82) is 0 Å². The van der Waals surface area contributed by atoms with Crippen molar-refractivity contribution in [3.63, 3.8) is 0 Å². The molecule has 3 aromatic rings. The Labute approximate surface area is 166 Å². The van der Waals surface area contributed by atoms with Crippen LogP contribution in [0.4, 0.5) is 0 Å². The van der Waals surface area contributed by atoms with Gasteiger partial charge in [-0.15, -0.1) is 0 Å². The Kier molecular flexibility index (Phi) is 5.16. The first kappa shape index (κ1) is 18.7. The van der Waals surface area contributed by atoms with Gasteiger partial charge in [0.15, 0.2) is 0 Å². The van der Waals surface area contributed by atoms with Gasteiger partial charge in [-0.3, -0.25) is 14.5 Å². The smallest absolute Gasteiger partial charge is 0.257 e. The number of likely N-dealkylation sites (tertiary alicyclic amines) is 1. The average molecular weight is 377 g/mol. The van der Waals surface area contributed by atoms with Crippen LogP contribution < -0.4 is 0 Å². The normalized spacial score (nSPS) is 15.3. The van der Waals surface area contributed by atoms with Crippen LogP contribution in [0.15, 0.2) is 36.7 Å². The summed E-state index contributed by atoms with van der Waals surface area (Å²) >= 11 is 0. The summed E-state index contributed by atoms with van der Waals surface area (Å²) in [4.78, 5) is 19.4. The molecule has 1 fully saturated rings. The zero-order valence-electron chi connectivity index (χ0n) is 17.0. The monoisotopic (exact) mass is 376 g/mol. The number of nitrogens with zero attached hydrogens (tertiary/aromatic N) is 4. The lowest BCUT2D eigenvalue weighted by Gasteiger charge is -2.33. The van der Waals surface area contributed by atoms with Crippen molar-refractivity contribution in [2.45, 2.75) is 52.5 Å². The van der Waals surface area contributed by atoms with Crippen LogP contribution in [0.2, 0.25) is 0 Å². The summed E-state index contributed by atoms with van der Waals surface area (Å²) in [5, 5.41) is 7.05. The molecule has 28 heavy (non-hydrogen) atoms. The fourth-order valence-electron chi connectivity index (χ4n) is 4.49. The van der Waals surface area contributed by atoms with Gasteiger partial charge in [-0.05, 0) is 56.0 Å². The molecule has 0 atom stereocenters. The van der Waals surface area contributed by atoms with E-state index in [0.29, 0.717) is 5.92 Å². The summed E-state index contributed by atoms with van der Waals surface area (Å²) < 4.78 is 1.97. The summed E-state index contributed by atoms with van der Waals surface area (Å²) in [5.41, 5.74) is 4.02. The van der Waals surface area contributed by atoms with E-state index in [1.807, 2.05) is 35.8 Å². The van der Waals surface area contributed by atoms with Crippen molar-refractivity contribution in [2.75, 3.05) is 13.1 Å². The van der Waals surface area contributed by atoms with Gasteiger partial charge in [0, 0.05) is 43.1 Å². The lowest BCUT2D eigenvalue weighted by Crippen LogP contribution is -2.38. The molecule has 1 amide bonds. The first-order chi connectivity index (χ1) is 13.6. The number of hydrogen-bond donors (Lipinski definition) is 0. The third-order valence-electron chi connectivity index (χ3n) is 5.97. The molecule has 146 valence electrons. The maximum absolute atomic E-state index is 13.2. The molecule has 0 radical (unpaired) electrons. The number of aryl methyl sites for hydroxylation is 2. The highest BCUT2D eigenvalue weighted by Crippen LogP contribution is 2.33. The zero-order valence-corrected chi connectivity index (χ0v) is 17.0. The molecule has 0 N–H and O–H groups in total. The highest BCUT2D eigenvalue weighted by molar-refractivity contribution is 5.96. The standard InChI is InChI=1S/C23H28N4O/c1-4-12-27-17(3)22(16(2)25-27)23(28)26-13-9-18(10-14-26)20-7-5-6-19-15-24-11-8-21(19)20/h5-8,11,15,18H,4,9-10,12-14H2,1-3H3. The highest BCUT2D eigenvalue weighted by atomic mass is 16.2. The third kappa shape index (κ3) is 3.30. The Morgan fingerprint density at radius 2 is 1.96 bits per heavy atom. The Hall–Kier alpha value is -2.69. The second-order valence-electron chi connectivity index (χ2n) is 7.78. The second-order valence-corrected chi connectivity index (χ2v) is 7.78. The Morgan fingerprint density at radius 1 is 1.18 bits per heavy atom. The van der Waals surface area contributed by atoms with E-state index in [1.54, 1.807) is 0 Å². The van der Waals surface area contributed by atoms with Crippen LogP contribution in [0, 0.1) is 13.8 Å². The van der Waals surface area contributed by atoms with Crippen LogP contribution >= 0.6 is 0 Å². The van der Waals surface area contributed by atoms with E-state index in [-0.39, 0.29) is 5.91 Å². The number of hydrogen-bond acceptors (Lipinski definition) is 3. The number of aromatic nitrogens is 3. The molecule has 0 aliphatic carbocycles. The molecule has 1 aliphatic rings. The van der Waals surface area contributed by atoms with Crippen molar-refractivity contribution < 1.29 is 4.79 Å². The van der Waals surface area contributed by atoms with Gasteiger partial charge in [0.05, 0.1) is 11.3 Å². The van der Waals surface area contributed by atoms with Crippen LogP contribution in [-0.2, 0) is 6.54 Å². The number of piperidine rings is 1. The number of carbonyl (C=O) groups excluding carboxylic acids is 1. The molecule has 1 aliphatic heterocycles. The topological polar surface area (TPSA) is 51.0 Å². The maximum Gasteiger partial charge on any atom is 0.257 e. The average Bonchev–Trinajstić information content (AvgIpc) is 3.00. The van der Waals surface area contributed by atoms with Crippen LogP contribution in [0.25, 0.3) is 10.8 Å². The molecule has 5 nitrogen and oxygen atoms in total. The van der Waals surface area contributed by atoms with Crippen molar-refractivity contribution in [1.82, 2.24) is 19.7 Å². The molecule has 4 rings (SSSR count). The van der Waals surface area contributed by atoms with Gasteiger partial charge in [0.2, 0.25) is 0 Å². The van der Waals surface area contributed by atoms with Crippen molar-refractivity contribution >= 4 is 16.7 Å². The summed E-state index contributed by atoms with van der Waals surface area (Å²) in [6, 6.07) is 8.57. The van der Waals surface area contributed by atoms with Crippen LogP contribution in [-0.4, -0.2) is 38.7 Å². The van der Waals surface area contributed by atoms with Crippen LogP contribution in [0.3, 0.4) is 0 Å². The quantitative estimate of drug-likeness (QED) is 0.675. The van der Waals surface area contributed by atoms with E-state index in [4.69, 9.17) is 0 Å². The van der Waals surface area contributed by atoms with Crippen molar-refractivity contribution in [3.05, 3.63) is 59.2 Å². The van der Waals surface area contributed by atoms with Gasteiger partial charge in [-0.25, -0.2) is 0 Å². The molecule has 3 heterocycles. The molecule has 0 bridgehead atoms. The fourth-order valence-corrected chi connectivity index (χ4v) is 4.49. The molecular formula is C23H28N4O. The lowest BCUT2D eigenvalue weighted by molar-refractivity contribution is 0.0711. The maximum atomic E-state index is 13.2. The minimum absolute atomic E-state index is 0.137. The predicted molar refractivity (Wildman–Crippen MR) is 112 cm³/mol. The summed E-state index contributed by atoms with van der Waals surface area (Å²) in [6.07, 6.45) is 6.80. The number of fused-ring (bicyclic) bond motifs is 1. The third-order valence-corrected chi connectivity index (χ3v) is 5.97. The van der Waals surface area contributed by atoms with Gasteiger partial charge in [0.1, 0.15) is 0 Å². The SMILES string of the molecule is CCCn1nc(C)c(C(=O)N2CCC(c3cccc4cnccc34)CC2)c1C. The number of rotatable bonds is 4. The molecule has 1 aromatic carbocycles. The number of pyridine rings is 1. The lowest BCUT2D eigenvalue weighted by atomic mass is 9.86. The van der Waals surface area contributed by atoms with Gasteiger partial charge in [-0.1, -0.05) is 25.1 Å². The highest BCUT2D eigenvalue weighted by Gasteiger charge is 2.28. The van der Waals surface area contributed by atoms with Crippen LogP contribution in [0.5, 0.6) is 0 Å². The molecule has 0 unspecified atom stereocenters. The van der Waals surface area contributed by atoms with E-state index < -0.39 is 0 Å². The van der Waals surface area contributed by atoms with E-state index in [0.717, 1.165) is 55.8 Å². The number of carbonyl (C=O) groups is 1. The fraction of sp³-hybridized carbons (Fsp3) is 0.435. The Bertz CT molecular complexity index is 994. The summed E-state index contributed by atoms with van der Waals surface area (Å²) in [5.74, 6) is 0.623. The predicted octanol–water partition coefficient (Wildman–Crippen LogP) is 4.48. The van der Waals surface area contributed by atoms with Crippen LogP contribution in [0.1, 0.15) is 59.4 Å². The second kappa shape index (κ2) is 7.74. The Morgan fingerprint density at radius 3 is 2.71 bits per heavy atom. The first-order valence-corrected chi connectivity index (χ1v) is 10.3. The Balaban J connectivity index is 1.51. The zero-order chi connectivity index (χ0) is 19.7. The van der Waals surface area contributed by atoms with Gasteiger partial charge in [0.25, 0.3) is 5.91 Å². The van der Waals surface area contributed by atoms with Gasteiger partial charge >= 0.3 is 0 Å². The molecular weight excluding hydrogens is 348 g/mol. The first-order valence-electron chi connectivity index (χ1n) is 10.3. The van der Waals surface area contributed by atoms with E-state index in [2.05, 4.69) is 41.3 Å². The number of amides is 1. The molecule has 0 spiro atoms. The molecule has 5 heteroatoms. The van der Waals surface area contributed by atoms with E-state index in [9.17, 15) is 4.79 Å². The van der Waals surface area contributed by atoms with Crippen molar-refractivity contribution in [2.24, 2.45) is 0 Å². The van der Waals surface area contributed by atoms with Gasteiger partial charge < -0.3 is 4.90 Å². The number of benzene rings is 1. The molecule has 0 saturated carbocycles. The van der Waals surface area contributed by atoms with Crippen molar-refractivity contribution in [3.8, 4) is 0 Å². The minimum Gasteiger partial charge on any atom is -0.338 e.